The number of rotatable bonds is 12. The number of hydrogen-bond acceptors (Lipinski definition) is 2. The van der Waals surface area contributed by atoms with E-state index < -0.39 is 0 Å². The average Bonchev–Trinajstić information content (AvgIpc) is 0.779. The molecule has 13 rings (SSSR count). The summed E-state index contributed by atoms with van der Waals surface area (Å²) in [6, 6.07) is 69.4. The van der Waals surface area contributed by atoms with Crippen LogP contribution in [-0.4, -0.2) is 0 Å². The van der Waals surface area contributed by atoms with Crippen molar-refractivity contribution < 1.29 is 0 Å². The first-order valence-electron chi connectivity index (χ1n) is 36.5. The summed E-state index contributed by atoms with van der Waals surface area (Å²) in [4.78, 5) is 5.64. The van der Waals surface area contributed by atoms with E-state index in [1.165, 1.54) is 229 Å². The molecule has 4 fully saturated rings. The van der Waals surface area contributed by atoms with Crippen LogP contribution in [0.1, 0.15) is 280 Å². The molecule has 9 aromatic carbocycles. The molecule has 4 saturated carbocycles. The molecular weight excluding hydrogens is 1110 g/mol. The topological polar surface area (TPSA) is 6.48 Å². The van der Waals surface area contributed by atoms with Gasteiger partial charge in [-0.05, 0) is 224 Å². The molecule has 0 spiro atoms. The van der Waals surface area contributed by atoms with E-state index in [0.29, 0.717) is 23.7 Å². The molecule has 9 aromatic rings. The van der Waals surface area contributed by atoms with Crippen molar-refractivity contribution in [1.82, 2.24) is 0 Å². The number of nitrogens with zero attached hydrogens (tertiary/aromatic N) is 2. The van der Waals surface area contributed by atoms with Gasteiger partial charge in [0.2, 0.25) is 0 Å². The third kappa shape index (κ3) is 13.6. The molecule has 0 aliphatic heterocycles. The van der Waals surface area contributed by atoms with Gasteiger partial charge in [0.05, 0.1) is 11.4 Å². The maximum atomic E-state index is 2.82. The third-order valence-electron chi connectivity index (χ3n) is 22.3. The van der Waals surface area contributed by atoms with Gasteiger partial charge in [-0.1, -0.05) is 269 Å². The number of anilines is 6. The molecule has 0 atom stereocenters. The van der Waals surface area contributed by atoms with Crippen LogP contribution in [0.4, 0.5) is 34.1 Å². The average molecular weight is 1220 g/mol. The maximum absolute atomic E-state index is 2.82. The minimum absolute atomic E-state index is 0.103. The summed E-state index contributed by atoms with van der Waals surface area (Å²) in [7, 11) is 0. The lowest BCUT2D eigenvalue weighted by Gasteiger charge is -2.37. The Balaban J connectivity index is 1.23. The van der Waals surface area contributed by atoms with Crippen LogP contribution in [0.15, 0.2) is 170 Å². The van der Waals surface area contributed by atoms with Gasteiger partial charge >= 0.3 is 0 Å². The van der Waals surface area contributed by atoms with Gasteiger partial charge in [0.15, 0.2) is 0 Å². The van der Waals surface area contributed by atoms with E-state index in [-0.39, 0.29) is 21.7 Å². The van der Waals surface area contributed by atoms with Crippen molar-refractivity contribution in [2.75, 3.05) is 9.80 Å². The van der Waals surface area contributed by atoms with Crippen molar-refractivity contribution in [3.8, 4) is 22.3 Å². The number of benzene rings is 9. The Kier molecular flexibility index (Phi) is 18.1. The van der Waals surface area contributed by atoms with Gasteiger partial charge in [-0.3, -0.25) is 0 Å². The summed E-state index contributed by atoms with van der Waals surface area (Å²) in [5.74, 6) is 2.19. The Morgan fingerprint density at radius 3 is 0.761 bits per heavy atom. The van der Waals surface area contributed by atoms with Crippen molar-refractivity contribution >= 4 is 55.7 Å². The Morgan fingerprint density at radius 1 is 0.239 bits per heavy atom. The van der Waals surface area contributed by atoms with Crippen LogP contribution in [-0.2, 0) is 21.7 Å². The van der Waals surface area contributed by atoms with Crippen molar-refractivity contribution in [1.29, 1.82) is 0 Å². The van der Waals surface area contributed by atoms with E-state index in [4.69, 9.17) is 0 Å². The molecule has 4 aliphatic carbocycles. The monoisotopic (exact) mass is 1220 g/mol. The van der Waals surface area contributed by atoms with E-state index in [1.54, 1.807) is 22.3 Å². The standard InChI is InChI=1S/C90H108N2/c1-87(2,3)73-55-74(88(4,5)6)58-79(57-73)91(77-49-69(63-35-23-15-24-36-63)47-70(50-77)64-37-25-16-26-38-64)85-81-45-43-68(62-33-21-14-22-34-62)54-84(81)86(82-46-44-67(53-83(82)85)61-31-19-13-20-32-61)92(80-59-75(89(7,8)9)56-76(60-80)90(10,11)12)78-51-71(65-39-27-17-28-40-65)48-72(52-78)66-41-29-18-30-42-66/h13-14,19-22,31-34,43-60,63-66H,15-18,23-30,35-42H2,1-12H3. The van der Waals surface area contributed by atoms with E-state index in [2.05, 4.69) is 263 Å². The molecule has 2 nitrogen and oxygen atoms in total. The first kappa shape index (κ1) is 63.8. The molecule has 0 heterocycles. The molecule has 92 heavy (non-hydrogen) atoms. The molecule has 4 aliphatic rings. The molecule has 0 unspecified atom stereocenters. The molecule has 0 bridgehead atoms. The van der Waals surface area contributed by atoms with E-state index >= 15 is 0 Å². The van der Waals surface area contributed by atoms with E-state index in [9.17, 15) is 0 Å². The fourth-order valence-corrected chi connectivity index (χ4v) is 16.6. The maximum Gasteiger partial charge on any atom is 0.0620 e. The molecule has 0 N–H and O–H groups in total. The fourth-order valence-electron chi connectivity index (χ4n) is 16.6. The molecular formula is C90H108N2. The summed E-state index contributed by atoms with van der Waals surface area (Å²) in [5, 5.41) is 5.07. The number of fused-ring (bicyclic) bond motifs is 2. The quantitative estimate of drug-likeness (QED) is 0.0889. The lowest BCUT2D eigenvalue weighted by molar-refractivity contribution is 0.435. The molecule has 2 heteroatoms. The molecule has 0 aromatic heterocycles. The van der Waals surface area contributed by atoms with Crippen molar-refractivity contribution in [2.24, 2.45) is 0 Å². The Hall–Kier alpha value is -6.90. The SMILES string of the molecule is CC(C)(C)c1cc(N(c2cc(C3CCCCC3)cc(C3CCCCC3)c2)c2c3ccc(-c4ccccc4)cc3c(N(c3cc(C4CCCCC4)cc(C4CCCCC4)c3)c3cc(C(C)(C)C)cc(C(C)(C)C)c3)c3ccc(-c4ccccc4)cc23)cc(C(C)(C)C)c1. The van der Waals surface area contributed by atoms with Crippen molar-refractivity contribution in [3.63, 3.8) is 0 Å². The fraction of sp³-hybridized carbons (Fsp3) is 0.444. The zero-order valence-corrected chi connectivity index (χ0v) is 58.5. The molecule has 0 radical (unpaired) electrons. The molecule has 0 saturated heterocycles. The minimum atomic E-state index is -0.103. The molecule has 478 valence electrons. The van der Waals surface area contributed by atoms with Crippen molar-refractivity contribution in [3.05, 3.63) is 214 Å². The summed E-state index contributed by atoms with van der Waals surface area (Å²) in [6.45, 7) is 29.0. The van der Waals surface area contributed by atoms with E-state index in [1.807, 2.05) is 0 Å². The summed E-state index contributed by atoms with van der Waals surface area (Å²) < 4.78 is 0. The Bertz CT molecular complexity index is 3650. The lowest BCUT2D eigenvalue weighted by Crippen LogP contribution is -2.21. The van der Waals surface area contributed by atoms with Crippen LogP contribution in [0.5, 0.6) is 0 Å². The third-order valence-corrected chi connectivity index (χ3v) is 22.3. The highest BCUT2D eigenvalue weighted by atomic mass is 15.2. The summed E-state index contributed by atoms with van der Waals surface area (Å²) in [6.07, 6.45) is 25.9. The van der Waals surface area contributed by atoms with Crippen LogP contribution in [0, 0.1) is 0 Å². The predicted molar refractivity (Wildman–Crippen MR) is 400 cm³/mol. The van der Waals surface area contributed by atoms with E-state index in [0.717, 1.165) is 0 Å². The van der Waals surface area contributed by atoms with Gasteiger partial charge in [0.25, 0.3) is 0 Å². The summed E-state index contributed by atoms with van der Waals surface area (Å²) >= 11 is 0. The largest absolute Gasteiger partial charge is 0.309 e. The highest BCUT2D eigenvalue weighted by molar-refractivity contribution is 6.24. The highest BCUT2D eigenvalue weighted by Crippen LogP contribution is 2.56. The predicted octanol–water partition coefficient (Wildman–Crippen LogP) is 27.6. The van der Waals surface area contributed by atoms with Crippen LogP contribution < -0.4 is 9.80 Å². The van der Waals surface area contributed by atoms with Gasteiger partial charge in [0.1, 0.15) is 0 Å². The highest BCUT2D eigenvalue weighted by Gasteiger charge is 2.34. The molecule has 0 amide bonds. The van der Waals surface area contributed by atoms with Gasteiger partial charge in [0, 0.05) is 44.3 Å². The summed E-state index contributed by atoms with van der Waals surface area (Å²) in [5.41, 5.74) is 23.8. The van der Waals surface area contributed by atoms with Gasteiger partial charge in [-0.2, -0.15) is 0 Å². The van der Waals surface area contributed by atoms with Crippen LogP contribution in [0.25, 0.3) is 43.8 Å². The van der Waals surface area contributed by atoms with Gasteiger partial charge < -0.3 is 9.80 Å². The second-order valence-corrected chi connectivity index (χ2v) is 33.2. The van der Waals surface area contributed by atoms with Crippen LogP contribution in [0.3, 0.4) is 0 Å². The second kappa shape index (κ2) is 26.1. The first-order valence-corrected chi connectivity index (χ1v) is 36.5. The lowest BCUT2D eigenvalue weighted by atomic mass is 9.79. The zero-order chi connectivity index (χ0) is 64.1. The minimum Gasteiger partial charge on any atom is -0.309 e. The Morgan fingerprint density at radius 2 is 0.500 bits per heavy atom. The van der Waals surface area contributed by atoms with Gasteiger partial charge in [-0.15, -0.1) is 0 Å². The first-order chi connectivity index (χ1) is 44.1. The number of hydrogen-bond donors (Lipinski definition) is 0. The second-order valence-electron chi connectivity index (χ2n) is 33.2. The normalized spacial score (nSPS) is 17.2. The smallest absolute Gasteiger partial charge is 0.0620 e. The van der Waals surface area contributed by atoms with Crippen LogP contribution >= 0.6 is 0 Å². The van der Waals surface area contributed by atoms with Crippen molar-refractivity contribution in [2.45, 2.75) is 257 Å². The zero-order valence-electron chi connectivity index (χ0n) is 58.5. The van der Waals surface area contributed by atoms with Gasteiger partial charge in [-0.25, -0.2) is 0 Å². The van der Waals surface area contributed by atoms with Crippen LogP contribution in [0.2, 0.25) is 0 Å². The Labute approximate surface area is 555 Å².